The number of alkyl halides is 6. The molecule has 0 aromatic rings. The van der Waals surface area contributed by atoms with Crippen molar-refractivity contribution in [2.24, 2.45) is 0 Å². The highest BCUT2D eigenvalue weighted by Crippen LogP contribution is 2.34. The van der Waals surface area contributed by atoms with Crippen LogP contribution in [0.1, 0.15) is 38.5 Å². The molecule has 0 aromatic carbocycles. The molecule has 0 aromatic heterocycles. The van der Waals surface area contributed by atoms with Gasteiger partial charge in [-0.05, 0) is 38.5 Å². The summed E-state index contributed by atoms with van der Waals surface area (Å²) in [5, 5.41) is 0. The molecule has 1 aliphatic rings. The van der Waals surface area contributed by atoms with E-state index in [1.807, 2.05) is 0 Å². The van der Waals surface area contributed by atoms with Gasteiger partial charge in [0.05, 0.1) is 0 Å². The average molecular weight is 642 g/mol. The van der Waals surface area contributed by atoms with E-state index in [0.717, 1.165) is 0 Å². The van der Waals surface area contributed by atoms with Crippen molar-refractivity contribution in [3.8, 4) is 0 Å². The summed E-state index contributed by atoms with van der Waals surface area (Å²) in [6.07, 6.45) is 7.24. The van der Waals surface area contributed by atoms with Gasteiger partial charge in [-0.15, -0.1) is 0 Å². The van der Waals surface area contributed by atoms with E-state index in [1.54, 1.807) is 0 Å². The molecule has 1 rings (SSSR count). The lowest BCUT2D eigenvalue weighted by molar-refractivity contribution is 0.557. The van der Waals surface area contributed by atoms with E-state index >= 15 is 0 Å². The zero-order valence-electron chi connectivity index (χ0n) is 9.97. The van der Waals surface area contributed by atoms with E-state index in [1.165, 1.54) is 38.5 Å². The highest BCUT2D eigenvalue weighted by Gasteiger charge is 2.25. The summed E-state index contributed by atoms with van der Waals surface area (Å²) in [5.41, 5.74) is 0. The van der Waals surface area contributed by atoms with Crippen molar-refractivity contribution in [2.45, 2.75) is 67.5 Å². The maximum atomic E-state index is 3.82. The van der Waals surface area contributed by atoms with Crippen LogP contribution in [0.5, 0.6) is 0 Å². The molecule has 0 amide bonds. The Labute approximate surface area is 161 Å². The third-order valence-electron chi connectivity index (χ3n) is 3.33. The molecule has 6 atom stereocenters. The Kier molecular flexibility index (Phi) is 10.3. The zero-order valence-corrected chi connectivity index (χ0v) is 19.5. The predicted molar refractivity (Wildman–Crippen MR) is 104 cm³/mol. The Bertz CT molecular complexity index is 175. The quantitative estimate of drug-likeness (QED) is 0.252. The smallest absolute Gasteiger partial charge is 0.0271 e. The Morgan fingerprint density at radius 3 is 0.556 bits per heavy atom. The van der Waals surface area contributed by atoms with E-state index in [9.17, 15) is 0 Å². The second kappa shape index (κ2) is 9.81. The van der Waals surface area contributed by atoms with Gasteiger partial charge < -0.3 is 0 Å². The number of hydrogen-bond donors (Lipinski definition) is 0. The lowest BCUT2D eigenvalue weighted by Gasteiger charge is -2.25. The lowest BCUT2D eigenvalue weighted by Crippen LogP contribution is -2.25. The van der Waals surface area contributed by atoms with Gasteiger partial charge in [-0.2, -0.15) is 0 Å². The molecule has 6 heteroatoms. The summed E-state index contributed by atoms with van der Waals surface area (Å²) in [4.78, 5) is 3.36. The van der Waals surface area contributed by atoms with Crippen LogP contribution in [0.15, 0.2) is 0 Å². The predicted octanol–water partition coefficient (Wildman–Crippen LogP) is 6.92. The maximum absolute atomic E-state index is 3.82. The minimum absolute atomic E-state index is 0.560. The summed E-state index contributed by atoms with van der Waals surface area (Å²) in [6, 6.07) is 0. The van der Waals surface area contributed by atoms with Crippen LogP contribution < -0.4 is 0 Å². The molecule has 0 saturated heterocycles. The summed E-state index contributed by atoms with van der Waals surface area (Å²) >= 11 is 22.9. The molecule has 18 heavy (non-hydrogen) atoms. The molecule has 1 aliphatic carbocycles. The molecule has 0 radical (unpaired) electrons. The van der Waals surface area contributed by atoms with Crippen LogP contribution >= 0.6 is 95.6 Å². The average Bonchev–Trinajstić information content (AvgIpc) is 2.36. The standard InChI is InChI=1S/C12H18Br6/c13-7-1-2-8(14)10(16)5-6-12(18)11(17)4-3-9(7)15/h7-12H,1-6H2/t7-,8-,9+,10+,11-,12?/m0/s1. The fourth-order valence-electron chi connectivity index (χ4n) is 2.04. The van der Waals surface area contributed by atoms with Crippen molar-refractivity contribution in [3.63, 3.8) is 0 Å². The second-order valence-electron chi connectivity index (χ2n) is 4.83. The number of rotatable bonds is 0. The molecule has 0 heterocycles. The van der Waals surface area contributed by atoms with Crippen molar-refractivity contribution in [1.29, 1.82) is 0 Å². The highest BCUT2D eigenvalue weighted by molar-refractivity contribution is 9.13. The minimum atomic E-state index is 0.560. The van der Waals surface area contributed by atoms with Gasteiger partial charge in [-0.25, -0.2) is 0 Å². The van der Waals surface area contributed by atoms with Crippen LogP contribution in [0.3, 0.4) is 0 Å². The van der Waals surface area contributed by atoms with Crippen LogP contribution in [-0.2, 0) is 0 Å². The molecule has 108 valence electrons. The molecule has 1 fully saturated rings. The van der Waals surface area contributed by atoms with Gasteiger partial charge in [0, 0.05) is 29.0 Å². The van der Waals surface area contributed by atoms with Crippen LogP contribution in [0.25, 0.3) is 0 Å². The van der Waals surface area contributed by atoms with Crippen molar-refractivity contribution < 1.29 is 0 Å². The summed E-state index contributed by atoms with van der Waals surface area (Å²) in [6.45, 7) is 0. The van der Waals surface area contributed by atoms with Gasteiger partial charge in [0.2, 0.25) is 0 Å². The SMILES string of the molecule is BrC1CC[C@@H](Br)[C@@H](Br)CC[C@H](Br)[C@H](Br)CC[C@@H]1Br. The van der Waals surface area contributed by atoms with E-state index in [-0.39, 0.29) is 0 Å². The van der Waals surface area contributed by atoms with Gasteiger partial charge in [0.15, 0.2) is 0 Å². The second-order valence-corrected chi connectivity index (χ2v) is 11.9. The summed E-state index contributed by atoms with van der Waals surface area (Å²) in [5.74, 6) is 0. The van der Waals surface area contributed by atoms with Gasteiger partial charge in [-0.3, -0.25) is 0 Å². The monoisotopic (exact) mass is 636 g/mol. The first kappa shape index (κ1) is 18.9. The third kappa shape index (κ3) is 6.76. The Morgan fingerprint density at radius 2 is 0.444 bits per heavy atom. The zero-order chi connectivity index (χ0) is 13.7. The number of hydrogen-bond acceptors (Lipinski definition) is 0. The van der Waals surface area contributed by atoms with Crippen LogP contribution in [-0.4, -0.2) is 29.0 Å². The van der Waals surface area contributed by atoms with E-state index < -0.39 is 0 Å². The van der Waals surface area contributed by atoms with Crippen molar-refractivity contribution >= 4 is 95.6 Å². The largest absolute Gasteiger partial charge is 0.0879 e. The van der Waals surface area contributed by atoms with Crippen molar-refractivity contribution in [1.82, 2.24) is 0 Å². The van der Waals surface area contributed by atoms with Gasteiger partial charge in [0.25, 0.3) is 0 Å². The Morgan fingerprint density at radius 1 is 0.333 bits per heavy atom. The molecule has 0 spiro atoms. The Balaban J connectivity index is 2.61. The number of halogens is 6. The molecule has 0 nitrogen and oxygen atoms in total. The van der Waals surface area contributed by atoms with Gasteiger partial charge in [0.1, 0.15) is 0 Å². The van der Waals surface area contributed by atoms with Crippen LogP contribution in [0, 0.1) is 0 Å². The van der Waals surface area contributed by atoms with E-state index in [4.69, 9.17) is 0 Å². The third-order valence-corrected chi connectivity index (χ3v) is 12.0. The van der Waals surface area contributed by atoms with E-state index in [0.29, 0.717) is 29.0 Å². The maximum Gasteiger partial charge on any atom is 0.0271 e. The summed E-state index contributed by atoms with van der Waals surface area (Å²) in [7, 11) is 0. The Hall–Kier alpha value is 2.88. The topological polar surface area (TPSA) is 0 Å². The molecular weight excluding hydrogens is 624 g/mol. The molecule has 1 saturated carbocycles. The van der Waals surface area contributed by atoms with Crippen LogP contribution in [0.2, 0.25) is 0 Å². The highest BCUT2D eigenvalue weighted by atomic mass is 79.9. The van der Waals surface area contributed by atoms with Crippen molar-refractivity contribution in [2.75, 3.05) is 0 Å². The summed E-state index contributed by atoms with van der Waals surface area (Å²) < 4.78 is 0. The molecular formula is C12H18Br6. The van der Waals surface area contributed by atoms with E-state index in [2.05, 4.69) is 95.6 Å². The first-order valence-electron chi connectivity index (χ1n) is 6.26. The minimum Gasteiger partial charge on any atom is -0.0879 e. The van der Waals surface area contributed by atoms with Crippen LogP contribution in [0.4, 0.5) is 0 Å². The van der Waals surface area contributed by atoms with Crippen molar-refractivity contribution in [3.05, 3.63) is 0 Å². The first-order valence-corrected chi connectivity index (χ1v) is 11.8. The molecule has 1 unspecified atom stereocenters. The van der Waals surface area contributed by atoms with Gasteiger partial charge >= 0.3 is 0 Å². The first-order chi connectivity index (χ1) is 8.41. The van der Waals surface area contributed by atoms with Gasteiger partial charge in [-0.1, -0.05) is 95.6 Å². The molecule has 0 aliphatic heterocycles. The fraction of sp³-hybridized carbons (Fsp3) is 1.00. The lowest BCUT2D eigenvalue weighted by atomic mass is 10.0. The molecule has 0 N–H and O–H groups in total. The molecule has 0 bridgehead atoms. The fourth-order valence-corrected chi connectivity index (χ4v) is 5.21. The normalized spacial score (nSPS) is 45.0.